The van der Waals surface area contributed by atoms with Crippen LogP contribution in [0.3, 0.4) is 0 Å². The summed E-state index contributed by atoms with van der Waals surface area (Å²) < 4.78 is 0. The second-order valence-electron chi connectivity index (χ2n) is 4.48. The molecule has 0 saturated heterocycles. The molecular formula is C15H15N3O3. The van der Waals surface area contributed by atoms with Gasteiger partial charge in [0.15, 0.2) is 0 Å². The van der Waals surface area contributed by atoms with Gasteiger partial charge in [0.25, 0.3) is 0 Å². The van der Waals surface area contributed by atoms with Gasteiger partial charge in [0.2, 0.25) is 0 Å². The van der Waals surface area contributed by atoms with Crippen LogP contribution >= 0.6 is 0 Å². The van der Waals surface area contributed by atoms with Gasteiger partial charge in [-0.05, 0) is 36.8 Å². The highest BCUT2D eigenvalue weighted by Crippen LogP contribution is 2.23. The Morgan fingerprint density at radius 1 is 1.19 bits per heavy atom. The quantitative estimate of drug-likeness (QED) is 0.586. The van der Waals surface area contributed by atoms with Crippen molar-refractivity contribution in [1.82, 2.24) is 10.3 Å². The van der Waals surface area contributed by atoms with Gasteiger partial charge in [0.05, 0.1) is 17.9 Å². The molecule has 0 unspecified atom stereocenters. The molecule has 0 atom stereocenters. The number of anilines is 1. The second-order valence-corrected chi connectivity index (χ2v) is 4.48. The van der Waals surface area contributed by atoms with E-state index in [0.717, 1.165) is 5.56 Å². The van der Waals surface area contributed by atoms with Crippen molar-refractivity contribution in [2.75, 3.05) is 5.32 Å². The first kappa shape index (κ1) is 14.5. The number of phenols is 1. The lowest BCUT2D eigenvalue weighted by molar-refractivity contribution is -0.136. The SMILES string of the molecule is Cc1ccc(NC(=O)C(=O)NCc2ccccn2)c(O)c1. The Morgan fingerprint density at radius 2 is 2.00 bits per heavy atom. The van der Waals surface area contributed by atoms with E-state index in [0.29, 0.717) is 5.69 Å². The molecule has 108 valence electrons. The van der Waals surface area contributed by atoms with E-state index in [2.05, 4.69) is 15.6 Å². The highest BCUT2D eigenvalue weighted by atomic mass is 16.3. The molecule has 0 fully saturated rings. The van der Waals surface area contributed by atoms with E-state index in [1.807, 2.05) is 6.92 Å². The molecule has 2 aromatic rings. The number of hydrogen-bond donors (Lipinski definition) is 3. The average Bonchev–Trinajstić information content (AvgIpc) is 2.48. The van der Waals surface area contributed by atoms with Gasteiger partial charge in [-0.15, -0.1) is 0 Å². The molecule has 0 saturated carbocycles. The van der Waals surface area contributed by atoms with Gasteiger partial charge in [0, 0.05) is 6.20 Å². The molecule has 1 aromatic carbocycles. The fourth-order valence-electron chi connectivity index (χ4n) is 1.68. The van der Waals surface area contributed by atoms with Gasteiger partial charge in [0.1, 0.15) is 5.75 Å². The van der Waals surface area contributed by atoms with Crippen LogP contribution in [0.25, 0.3) is 0 Å². The first-order valence-electron chi connectivity index (χ1n) is 6.35. The zero-order valence-corrected chi connectivity index (χ0v) is 11.5. The minimum Gasteiger partial charge on any atom is -0.506 e. The van der Waals surface area contributed by atoms with Gasteiger partial charge in [-0.3, -0.25) is 14.6 Å². The van der Waals surface area contributed by atoms with Crippen molar-refractivity contribution >= 4 is 17.5 Å². The molecule has 2 amide bonds. The summed E-state index contributed by atoms with van der Waals surface area (Å²) in [5.41, 5.74) is 1.69. The summed E-state index contributed by atoms with van der Waals surface area (Å²) in [5, 5.41) is 14.5. The number of nitrogens with one attached hydrogen (secondary N) is 2. The summed E-state index contributed by atoms with van der Waals surface area (Å²) in [7, 11) is 0. The Bertz CT molecular complexity index is 656. The van der Waals surface area contributed by atoms with Crippen LogP contribution in [0.2, 0.25) is 0 Å². The van der Waals surface area contributed by atoms with Gasteiger partial charge in [-0.1, -0.05) is 12.1 Å². The predicted molar refractivity (Wildman–Crippen MR) is 77.6 cm³/mol. The Labute approximate surface area is 121 Å². The minimum absolute atomic E-state index is 0.0825. The molecule has 0 aliphatic heterocycles. The number of pyridine rings is 1. The van der Waals surface area contributed by atoms with E-state index >= 15 is 0 Å². The predicted octanol–water partition coefficient (Wildman–Crippen LogP) is 1.35. The number of rotatable bonds is 3. The molecule has 3 N–H and O–H groups in total. The zero-order chi connectivity index (χ0) is 15.2. The topological polar surface area (TPSA) is 91.3 Å². The lowest BCUT2D eigenvalue weighted by Crippen LogP contribution is -2.35. The fraction of sp³-hybridized carbons (Fsp3) is 0.133. The summed E-state index contributed by atoms with van der Waals surface area (Å²) in [5.74, 6) is -1.72. The lowest BCUT2D eigenvalue weighted by atomic mass is 10.2. The van der Waals surface area contributed by atoms with Crippen LogP contribution in [0.5, 0.6) is 5.75 Å². The van der Waals surface area contributed by atoms with Crippen LogP contribution in [0.4, 0.5) is 5.69 Å². The van der Waals surface area contributed by atoms with E-state index in [4.69, 9.17) is 0 Å². The van der Waals surface area contributed by atoms with Crippen molar-refractivity contribution in [2.24, 2.45) is 0 Å². The van der Waals surface area contributed by atoms with Crippen molar-refractivity contribution in [1.29, 1.82) is 0 Å². The third-order valence-electron chi connectivity index (χ3n) is 2.76. The summed E-state index contributed by atoms with van der Waals surface area (Å²) in [6, 6.07) is 10.1. The number of amides is 2. The van der Waals surface area contributed by atoms with Crippen molar-refractivity contribution in [3.05, 3.63) is 53.9 Å². The third-order valence-corrected chi connectivity index (χ3v) is 2.76. The Hall–Kier alpha value is -2.89. The maximum Gasteiger partial charge on any atom is 0.313 e. The molecule has 21 heavy (non-hydrogen) atoms. The average molecular weight is 285 g/mol. The maximum atomic E-state index is 11.7. The zero-order valence-electron chi connectivity index (χ0n) is 11.5. The third kappa shape index (κ3) is 4.04. The van der Waals surface area contributed by atoms with E-state index in [-0.39, 0.29) is 18.0 Å². The molecule has 1 aromatic heterocycles. The molecule has 6 nitrogen and oxygen atoms in total. The van der Waals surface area contributed by atoms with Crippen molar-refractivity contribution in [3.8, 4) is 5.75 Å². The normalized spacial score (nSPS) is 9.95. The molecule has 0 aliphatic carbocycles. The second kappa shape index (κ2) is 6.51. The maximum absolute atomic E-state index is 11.7. The molecule has 2 rings (SSSR count). The van der Waals surface area contributed by atoms with Crippen LogP contribution in [0.15, 0.2) is 42.6 Å². The molecule has 1 heterocycles. The van der Waals surface area contributed by atoms with Crippen molar-refractivity contribution < 1.29 is 14.7 Å². The summed E-state index contributed by atoms with van der Waals surface area (Å²) in [6.07, 6.45) is 1.60. The first-order valence-corrected chi connectivity index (χ1v) is 6.35. The van der Waals surface area contributed by atoms with Crippen LogP contribution in [-0.2, 0) is 16.1 Å². The van der Waals surface area contributed by atoms with Crippen LogP contribution in [0.1, 0.15) is 11.3 Å². The minimum atomic E-state index is -0.843. The summed E-state index contributed by atoms with van der Waals surface area (Å²) in [4.78, 5) is 27.4. The Kier molecular flexibility index (Phi) is 4.50. The summed E-state index contributed by atoms with van der Waals surface area (Å²) >= 11 is 0. The van der Waals surface area contributed by atoms with Gasteiger partial charge in [-0.25, -0.2) is 0 Å². The molecule has 0 radical (unpaired) electrons. The number of benzene rings is 1. The standard InChI is InChI=1S/C15H15N3O3/c1-10-5-6-12(13(19)8-10)18-15(21)14(20)17-9-11-4-2-3-7-16-11/h2-8,19H,9H2,1H3,(H,17,20)(H,18,21). The lowest BCUT2D eigenvalue weighted by Gasteiger charge is -2.08. The van der Waals surface area contributed by atoms with Crippen molar-refractivity contribution in [2.45, 2.75) is 13.5 Å². The summed E-state index contributed by atoms with van der Waals surface area (Å²) in [6.45, 7) is 1.97. The number of carbonyl (C=O) groups excluding carboxylic acids is 2. The van der Waals surface area contributed by atoms with E-state index in [9.17, 15) is 14.7 Å². The number of aromatic hydroxyl groups is 1. The smallest absolute Gasteiger partial charge is 0.313 e. The van der Waals surface area contributed by atoms with E-state index < -0.39 is 11.8 Å². The van der Waals surface area contributed by atoms with Gasteiger partial charge in [-0.2, -0.15) is 0 Å². The monoisotopic (exact) mass is 285 g/mol. The first-order chi connectivity index (χ1) is 10.1. The molecule has 0 spiro atoms. The Morgan fingerprint density at radius 3 is 2.67 bits per heavy atom. The number of carbonyl (C=O) groups is 2. The molecule has 6 heteroatoms. The fourth-order valence-corrected chi connectivity index (χ4v) is 1.68. The van der Waals surface area contributed by atoms with E-state index in [1.165, 1.54) is 12.1 Å². The Balaban J connectivity index is 1.92. The van der Waals surface area contributed by atoms with Crippen LogP contribution < -0.4 is 10.6 Å². The van der Waals surface area contributed by atoms with Gasteiger partial charge < -0.3 is 15.7 Å². The molecular weight excluding hydrogens is 270 g/mol. The number of aromatic nitrogens is 1. The van der Waals surface area contributed by atoms with Gasteiger partial charge >= 0.3 is 11.8 Å². The molecule has 0 bridgehead atoms. The van der Waals surface area contributed by atoms with Crippen LogP contribution in [0, 0.1) is 6.92 Å². The number of hydrogen-bond acceptors (Lipinski definition) is 4. The number of phenolic OH excluding ortho intramolecular Hbond substituents is 1. The van der Waals surface area contributed by atoms with Crippen LogP contribution in [-0.4, -0.2) is 21.9 Å². The largest absolute Gasteiger partial charge is 0.506 e. The molecule has 0 aliphatic rings. The number of aryl methyl sites for hydroxylation is 1. The number of nitrogens with zero attached hydrogens (tertiary/aromatic N) is 1. The highest BCUT2D eigenvalue weighted by Gasteiger charge is 2.15. The van der Waals surface area contributed by atoms with Crippen molar-refractivity contribution in [3.63, 3.8) is 0 Å². The highest BCUT2D eigenvalue weighted by molar-refractivity contribution is 6.39. The van der Waals surface area contributed by atoms with E-state index in [1.54, 1.807) is 30.5 Å².